The summed E-state index contributed by atoms with van der Waals surface area (Å²) in [5.74, 6) is 0.909. The molecular formula is C14H14O4. The molecule has 0 N–H and O–H groups in total. The predicted octanol–water partition coefficient (Wildman–Crippen LogP) is 2.09. The first kappa shape index (κ1) is 11.3. The van der Waals surface area contributed by atoms with E-state index in [1.165, 1.54) is 7.11 Å². The van der Waals surface area contributed by atoms with Crippen LogP contribution in [0.25, 0.3) is 6.08 Å². The lowest BCUT2D eigenvalue weighted by molar-refractivity contribution is 0.0965. The zero-order valence-corrected chi connectivity index (χ0v) is 10.2. The average molecular weight is 246 g/mol. The van der Waals surface area contributed by atoms with Crippen molar-refractivity contribution in [1.82, 2.24) is 0 Å². The van der Waals surface area contributed by atoms with Gasteiger partial charge in [-0.2, -0.15) is 0 Å². The molecule has 4 heteroatoms. The van der Waals surface area contributed by atoms with Crippen molar-refractivity contribution in [2.24, 2.45) is 0 Å². The summed E-state index contributed by atoms with van der Waals surface area (Å²) in [6.45, 7) is 0. The van der Waals surface area contributed by atoms with Crippen LogP contribution < -0.4 is 5.63 Å². The molecule has 0 spiro atoms. The molecule has 4 nitrogen and oxygen atoms in total. The fourth-order valence-electron chi connectivity index (χ4n) is 2.75. The van der Waals surface area contributed by atoms with E-state index in [2.05, 4.69) is 0 Å². The second-order valence-corrected chi connectivity index (χ2v) is 4.71. The molecule has 0 aromatic carbocycles. The van der Waals surface area contributed by atoms with Gasteiger partial charge in [-0.05, 0) is 31.2 Å². The Kier molecular flexibility index (Phi) is 2.58. The van der Waals surface area contributed by atoms with Crippen molar-refractivity contribution in [2.45, 2.75) is 32.1 Å². The Labute approximate surface area is 104 Å². The number of carbonyl (C=O) groups is 1. The molecule has 0 aliphatic heterocycles. The maximum absolute atomic E-state index is 12.2. The van der Waals surface area contributed by atoms with Gasteiger partial charge in [-0.1, -0.05) is 0 Å². The van der Waals surface area contributed by atoms with Crippen LogP contribution in [0.4, 0.5) is 0 Å². The van der Waals surface area contributed by atoms with Gasteiger partial charge in [0.1, 0.15) is 11.5 Å². The molecule has 1 aromatic heterocycles. The van der Waals surface area contributed by atoms with Crippen LogP contribution in [-0.2, 0) is 17.6 Å². The Bertz CT molecular complexity index is 607. The topological polar surface area (TPSA) is 56.5 Å². The summed E-state index contributed by atoms with van der Waals surface area (Å²) in [7, 11) is 1.51. The molecule has 0 atom stereocenters. The van der Waals surface area contributed by atoms with Crippen LogP contribution in [0.15, 0.2) is 15.0 Å². The van der Waals surface area contributed by atoms with E-state index < -0.39 is 0 Å². The molecule has 0 saturated heterocycles. The largest absolute Gasteiger partial charge is 0.500 e. The van der Waals surface area contributed by atoms with Crippen LogP contribution in [-0.4, -0.2) is 12.9 Å². The summed E-state index contributed by atoms with van der Waals surface area (Å²) in [6, 6.07) is 0. The SMILES string of the molecule is COC1=Cc2oc(=O)c3c(c2C(=O)C1)CCCC3. The maximum atomic E-state index is 12.2. The Morgan fingerprint density at radius 2 is 1.89 bits per heavy atom. The van der Waals surface area contributed by atoms with Gasteiger partial charge in [-0.15, -0.1) is 0 Å². The predicted molar refractivity (Wildman–Crippen MR) is 65.6 cm³/mol. The number of hydrogen-bond donors (Lipinski definition) is 0. The van der Waals surface area contributed by atoms with Gasteiger partial charge in [0, 0.05) is 11.6 Å². The van der Waals surface area contributed by atoms with E-state index in [1.807, 2.05) is 0 Å². The normalized spacial score (nSPS) is 17.8. The fraction of sp³-hybridized carbons (Fsp3) is 0.429. The Morgan fingerprint density at radius 3 is 2.61 bits per heavy atom. The Morgan fingerprint density at radius 1 is 1.17 bits per heavy atom. The van der Waals surface area contributed by atoms with Crippen molar-refractivity contribution >= 4 is 11.9 Å². The third-order valence-corrected chi connectivity index (χ3v) is 3.63. The van der Waals surface area contributed by atoms with Crippen molar-refractivity contribution in [3.05, 3.63) is 38.6 Å². The summed E-state index contributed by atoms with van der Waals surface area (Å²) in [5.41, 5.74) is 1.90. The zero-order chi connectivity index (χ0) is 12.7. The van der Waals surface area contributed by atoms with E-state index in [1.54, 1.807) is 6.08 Å². The molecule has 0 radical (unpaired) electrons. The number of hydrogen-bond acceptors (Lipinski definition) is 4. The fourth-order valence-corrected chi connectivity index (χ4v) is 2.75. The molecule has 94 valence electrons. The smallest absolute Gasteiger partial charge is 0.339 e. The van der Waals surface area contributed by atoms with Crippen molar-refractivity contribution in [2.75, 3.05) is 7.11 Å². The molecular weight excluding hydrogens is 232 g/mol. The van der Waals surface area contributed by atoms with Gasteiger partial charge in [0.05, 0.1) is 19.1 Å². The van der Waals surface area contributed by atoms with Crippen LogP contribution in [0.1, 0.15) is 46.5 Å². The molecule has 2 aliphatic carbocycles. The van der Waals surface area contributed by atoms with Crippen molar-refractivity contribution in [3.8, 4) is 0 Å². The van der Waals surface area contributed by atoms with E-state index >= 15 is 0 Å². The first-order valence-electron chi connectivity index (χ1n) is 6.17. The van der Waals surface area contributed by atoms with Gasteiger partial charge < -0.3 is 9.15 Å². The molecule has 0 unspecified atom stereocenters. The summed E-state index contributed by atoms with van der Waals surface area (Å²) in [4.78, 5) is 24.0. The van der Waals surface area contributed by atoms with Crippen LogP contribution in [0.5, 0.6) is 0 Å². The van der Waals surface area contributed by atoms with Crippen LogP contribution in [0.3, 0.4) is 0 Å². The lowest BCUT2D eigenvalue weighted by Gasteiger charge is -2.21. The van der Waals surface area contributed by atoms with Gasteiger partial charge in [0.15, 0.2) is 5.78 Å². The number of ether oxygens (including phenoxy) is 1. The molecule has 0 fully saturated rings. The zero-order valence-electron chi connectivity index (χ0n) is 10.2. The van der Waals surface area contributed by atoms with E-state index in [-0.39, 0.29) is 17.8 Å². The molecule has 18 heavy (non-hydrogen) atoms. The highest BCUT2D eigenvalue weighted by Crippen LogP contribution is 2.31. The first-order valence-corrected chi connectivity index (χ1v) is 6.17. The number of Topliss-reactive ketones (excluding diaryl/α,β-unsaturated/α-hetero) is 1. The number of methoxy groups -OCH3 is 1. The van der Waals surface area contributed by atoms with Crippen LogP contribution >= 0.6 is 0 Å². The molecule has 3 rings (SSSR count). The number of rotatable bonds is 1. The summed E-state index contributed by atoms with van der Waals surface area (Å²) in [5, 5.41) is 0. The molecule has 0 amide bonds. The minimum Gasteiger partial charge on any atom is -0.500 e. The van der Waals surface area contributed by atoms with Crippen molar-refractivity contribution in [3.63, 3.8) is 0 Å². The van der Waals surface area contributed by atoms with Crippen LogP contribution in [0.2, 0.25) is 0 Å². The summed E-state index contributed by atoms with van der Waals surface area (Å²) < 4.78 is 10.3. The highest BCUT2D eigenvalue weighted by molar-refractivity contribution is 6.03. The minimum atomic E-state index is -0.301. The van der Waals surface area contributed by atoms with Gasteiger partial charge >= 0.3 is 5.63 Å². The van der Waals surface area contributed by atoms with Gasteiger partial charge in [0.25, 0.3) is 0 Å². The quantitative estimate of drug-likeness (QED) is 0.761. The number of fused-ring (bicyclic) bond motifs is 3. The highest BCUT2D eigenvalue weighted by atomic mass is 16.5. The number of allylic oxidation sites excluding steroid dienone is 1. The Balaban J connectivity index is 2.27. The standard InChI is InChI=1S/C14H14O4/c1-17-8-6-11(15)13-9-4-2-3-5-10(9)14(16)18-12(13)7-8/h7H,2-6H2,1H3. The van der Waals surface area contributed by atoms with E-state index in [0.717, 1.165) is 31.2 Å². The molecule has 1 heterocycles. The van der Waals surface area contributed by atoms with Crippen molar-refractivity contribution < 1.29 is 13.9 Å². The lowest BCUT2D eigenvalue weighted by Crippen LogP contribution is -2.23. The third-order valence-electron chi connectivity index (χ3n) is 3.63. The maximum Gasteiger partial charge on any atom is 0.339 e. The first-order chi connectivity index (χ1) is 8.70. The lowest BCUT2D eigenvalue weighted by atomic mass is 9.85. The van der Waals surface area contributed by atoms with E-state index in [4.69, 9.17) is 9.15 Å². The second-order valence-electron chi connectivity index (χ2n) is 4.71. The van der Waals surface area contributed by atoms with E-state index in [0.29, 0.717) is 22.6 Å². The summed E-state index contributed by atoms with van der Waals surface area (Å²) >= 11 is 0. The average Bonchev–Trinajstić information content (AvgIpc) is 2.38. The molecule has 1 aromatic rings. The number of carbonyl (C=O) groups excluding carboxylic acids is 1. The second kappa shape index (κ2) is 4.12. The highest BCUT2D eigenvalue weighted by Gasteiger charge is 2.29. The Hall–Kier alpha value is -1.84. The minimum absolute atomic E-state index is 0.00810. The van der Waals surface area contributed by atoms with E-state index in [9.17, 15) is 9.59 Å². The van der Waals surface area contributed by atoms with Gasteiger partial charge in [-0.25, -0.2) is 4.79 Å². The van der Waals surface area contributed by atoms with Crippen LogP contribution in [0, 0.1) is 0 Å². The van der Waals surface area contributed by atoms with Crippen molar-refractivity contribution in [1.29, 1.82) is 0 Å². The number of ketones is 1. The molecule has 0 bridgehead atoms. The third kappa shape index (κ3) is 1.60. The monoisotopic (exact) mass is 246 g/mol. The molecule has 2 aliphatic rings. The molecule has 0 saturated carbocycles. The van der Waals surface area contributed by atoms with Gasteiger partial charge in [-0.3, -0.25) is 4.79 Å². The van der Waals surface area contributed by atoms with Gasteiger partial charge in [0.2, 0.25) is 0 Å². The summed E-state index contributed by atoms with van der Waals surface area (Å²) in [6.07, 6.45) is 5.45.